The lowest BCUT2D eigenvalue weighted by Gasteiger charge is -2.04. The number of hydrogen-bond donors (Lipinski definition) is 0. The van der Waals surface area contributed by atoms with Gasteiger partial charge in [-0.05, 0) is 29.3 Å². The third kappa shape index (κ3) is 1.58. The van der Waals surface area contributed by atoms with Crippen molar-refractivity contribution in [3.05, 3.63) is 27.7 Å². The topological polar surface area (TPSA) is 26.3 Å². The smallest absolute Gasteiger partial charge is 0.256 e. The molecule has 4 heteroatoms. The van der Waals surface area contributed by atoms with Crippen LogP contribution < -0.4 is 4.74 Å². The van der Waals surface area contributed by atoms with Gasteiger partial charge in [0.15, 0.2) is 0 Å². The summed E-state index contributed by atoms with van der Waals surface area (Å²) in [4.78, 5) is 11.0. The molecule has 0 bridgehead atoms. The van der Waals surface area contributed by atoms with E-state index in [9.17, 15) is 4.79 Å². The van der Waals surface area contributed by atoms with E-state index in [0.29, 0.717) is 17.9 Å². The highest BCUT2D eigenvalue weighted by Gasteiger charge is 2.20. The molecular formula is C9H6BrClO2. The van der Waals surface area contributed by atoms with Crippen LogP contribution in [0.4, 0.5) is 0 Å². The van der Waals surface area contributed by atoms with Gasteiger partial charge in [-0.1, -0.05) is 15.9 Å². The average molecular weight is 262 g/mol. The lowest BCUT2D eigenvalue weighted by molar-refractivity contribution is 0.107. The van der Waals surface area contributed by atoms with E-state index in [1.54, 1.807) is 6.07 Å². The van der Waals surface area contributed by atoms with Crippen molar-refractivity contribution in [3.8, 4) is 5.75 Å². The number of carbonyl (C=O) groups excluding carboxylic acids is 1. The number of hydrogen-bond acceptors (Lipinski definition) is 2. The van der Waals surface area contributed by atoms with Crippen molar-refractivity contribution in [1.82, 2.24) is 0 Å². The van der Waals surface area contributed by atoms with E-state index < -0.39 is 5.24 Å². The van der Waals surface area contributed by atoms with Crippen LogP contribution in [0, 0.1) is 0 Å². The van der Waals surface area contributed by atoms with Gasteiger partial charge >= 0.3 is 0 Å². The molecule has 0 spiro atoms. The quantitative estimate of drug-likeness (QED) is 0.727. The monoisotopic (exact) mass is 260 g/mol. The summed E-state index contributed by atoms with van der Waals surface area (Å²) in [6, 6.07) is 3.63. The number of rotatable bonds is 1. The third-order valence-corrected chi connectivity index (χ3v) is 2.62. The molecule has 0 aliphatic carbocycles. The molecule has 68 valence electrons. The molecule has 0 saturated carbocycles. The summed E-state index contributed by atoms with van der Waals surface area (Å²) in [6.45, 7) is 0.628. The van der Waals surface area contributed by atoms with E-state index in [-0.39, 0.29) is 0 Å². The lowest BCUT2D eigenvalue weighted by Crippen LogP contribution is -1.94. The number of ether oxygens (including phenoxy) is 1. The first kappa shape index (κ1) is 9.03. The molecule has 0 N–H and O–H groups in total. The molecule has 2 nitrogen and oxygen atoms in total. The lowest BCUT2D eigenvalue weighted by atomic mass is 10.1. The fourth-order valence-corrected chi connectivity index (χ4v) is 2.06. The van der Waals surface area contributed by atoms with Gasteiger partial charge in [-0.25, -0.2) is 0 Å². The van der Waals surface area contributed by atoms with Crippen molar-refractivity contribution in [2.45, 2.75) is 6.42 Å². The highest BCUT2D eigenvalue weighted by atomic mass is 79.9. The van der Waals surface area contributed by atoms with E-state index in [2.05, 4.69) is 15.9 Å². The maximum Gasteiger partial charge on any atom is 0.256 e. The van der Waals surface area contributed by atoms with Crippen LogP contribution in [0.3, 0.4) is 0 Å². The molecule has 1 aliphatic heterocycles. The van der Waals surface area contributed by atoms with Gasteiger partial charge in [0.05, 0.1) is 12.2 Å². The maximum absolute atomic E-state index is 11.0. The first-order chi connectivity index (χ1) is 6.18. The first-order valence-electron chi connectivity index (χ1n) is 3.83. The first-order valence-corrected chi connectivity index (χ1v) is 5.00. The molecule has 1 aliphatic rings. The Labute approximate surface area is 89.0 Å². The maximum atomic E-state index is 11.0. The van der Waals surface area contributed by atoms with Crippen molar-refractivity contribution < 1.29 is 9.53 Å². The van der Waals surface area contributed by atoms with Gasteiger partial charge in [-0.2, -0.15) is 0 Å². The Morgan fingerprint density at radius 2 is 2.31 bits per heavy atom. The molecule has 0 amide bonds. The van der Waals surface area contributed by atoms with Crippen molar-refractivity contribution in [3.63, 3.8) is 0 Å². The minimum Gasteiger partial charge on any atom is -0.492 e. The van der Waals surface area contributed by atoms with Crippen molar-refractivity contribution in [2.75, 3.05) is 6.61 Å². The Hall–Kier alpha value is -0.540. The largest absolute Gasteiger partial charge is 0.492 e. The van der Waals surface area contributed by atoms with E-state index in [1.165, 1.54) is 0 Å². The Morgan fingerprint density at radius 1 is 1.54 bits per heavy atom. The molecule has 0 saturated heterocycles. The fraction of sp³-hybridized carbons (Fsp3) is 0.222. The van der Waals surface area contributed by atoms with Gasteiger partial charge < -0.3 is 4.74 Å². The van der Waals surface area contributed by atoms with E-state index >= 15 is 0 Å². The standard InChI is InChI=1S/C9H6BrClO2/c10-6-3-5-1-2-13-8(5)7(4-6)9(11)12/h3-4H,1-2H2. The predicted molar refractivity (Wildman–Crippen MR) is 53.5 cm³/mol. The third-order valence-electron chi connectivity index (χ3n) is 1.96. The summed E-state index contributed by atoms with van der Waals surface area (Å²) in [5, 5.41) is -0.473. The number of carbonyl (C=O) groups is 1. The minimum absolute atomic E-state index is 0.448. The van der Waals surface area contributed by atoms with Crippen LogP contribution in [0.1, 0.15) is 15.9 Å². The molecule has 0 radical (unpaired) electrons. The van der Waals surface area contributed by atoms with Gasteiger partial charge in [0, 0.05) is 10.9 Å². The zero-order chi connectivity index (χ0) is 9.42. The van der Waals surface area contributed by atoms with Crippen molar-refractivity contribution in [1.29, 1.82) is 0 Å². The molecule has 0 aromatic heterocycles. The minimum atomic E-state index is -0.473. The Balaban J connectivity index is 2.62. The van der Waals surface area contributed by atoms with Crippen LogP contribution >= 0.6 is 27.5 Å². The van der Waals surface area contributed by atoms with Crippen molar-refractivity contribution in [2.24, 2.45) is 0 Å². The highest BCUT2D eigenvalue weighted by molar-refractivity contribution is 9.10. The molecular weight excluding hydrogens is 255 g/mol. The average Bonchev–Trinajstić information content (AvgIpc) is 2.49. The summed E-state index contributed by atoms with van der Waals surface area (Å²) >= 11 is 8.74. The summed E-state index contributed by atoms with van der Waals surface area (Å²) in [5.74, 6) is 0.642. The number of benzene rings is 1. The van der Waals surface area contributed by atoms with Gasteiger partial charge in [0.1, 0.15) is 5.75 Å². The van der Waals surface area contributed by atoms with Crippen LogP contribution in [-0.2, 0) is 6.42 Å². The van der Waals surface area contributed by atoms with Crippen LogP contribution in [0.5, 0.6) is 5.75 Å². The number of fused-ring (bicyclic) bond motifs is 1. The second-order valence-corrected chi connectivity index (χ2v) is 4.07. The van der Waals surface area contributed by atoms with Gasteiger partial charge in [0.25, 0.3) is 5.24 Å². The Morgan fingerprint density at radius 3 is 3.00 bits per heavy atom. The van der Waals surface area contributed by atoms with E-state index in [1.807, 2.05) is 6.07 Å². The second kappa shape index (κ2) is 3.31. The van der Waals surface area contributed by atoms with Crippen LogP contribution in [0.15, 0.2) is 16.6 Å². The molecule has 1 aromatic carbocycles. The normalized spacial score (nSPS) is 13.7. The summed E-state index contributed by atoms with van der Waals surface area (Å²) in [6.07, 6.45) is 0.839. The molecule has 2 rings (SSSR count). The Bertz CT molecular complexity index is 376. The predicted octanol–water partition coefficient (Wildman–Crippen LogP) is 2.76. The SMILES string of the molecule is O=C(Cl)c1cc(Br)cc2c1OCC2. The summed E-state index contributed by atoms with van der Waals surface area (Å²) < 4.78 is 6.18. The van der Waals surface area contributed by atoms with E-state index in [0.717, 1.165) is 16.5 Å². The van der Waals surface area contributed by atoms with Gasteiger partial charge in [-0.15, -0.1) is 0 Å². The van der Waals surface area contributed by atoms with Crippen molar-refractivity contribution >= 4 is 32.8 Å². The van der Waals surface area contributed by atoms with Gasteiger partial charge in [-0.3, -0.25) is 4.79 Å². The second-order valence-electron chi connectivity index (χ2n) is 2.81. The fourth-order valence-electron chi connectivity index (χ4n) is 1.42. The highest BCUT2D eigenvalue weighted by Crippen LogP contribution is 2.33. The molecule has 1 aromatic rings. The summed E-state index contributed by atoms with van der Waals surface area (Å²) in [7, 11) is 0. The van der Waals surface area contributed by atoms with Gasteiger partial charge in [0.2, 0.25) is 0 Å². The van der Waals surface area contributed by atoms with Crippen LogP contribution in [0.2, 0.25) is 0 Å². The van der Waals surface area contributed by atoms with E-state index in [4.69, 9.17) is 16.3 Å². The van der Waals surface area contributed by atoms with Crippen LogP contribution in [0.25, 0.3) is 0 Å². The zero-order valence-corrected chi connectivity index (χ0v) is 8.98. The molecule has 1 heterocycles. The molecule has 0 atom stereocenters. The van der Waals surface area contributed by atoms with Crippen LogP contribution in [-0.4, -0.2) is 11.8 Å². The molecule has 0 fully saturated rings. The number of halogens is 2. The molecule has 0 unspecified atom stereocenters. The zero-order valence-electron chi connectivity index (χ0n) is 6.64. The summed E-state index contributed by atoms with van der Waals surface area (Å²) in [5.41, 5.74) is 1.49. The Kier molecular flexibility index (Phi) is 2.30. The molecule has 13 heavy (non-hydrogen) atoms.